The van der Waals surface area contributed by atoms with E-state index in [1.807, 2.05) is 25.1 Å². The SMILES string of the molecule is CC1CC12C(=O)N(c1ccc(OC(F)(F)F)cc1)C(=O)N2c1ccnc2c(N3CCCCC3)cccc12. The normalized spacial score (nSPS) is 23.9. The van der Waals surface area contributed by atoms with Crippen molar-refractivity contribution in [2.75, 3.05) is 27.8 Å². The fourth-order valence-electron chi connectivity index (χ4n) is 5.74. The van der Waals surface area contributed by atoms with Crippen LogP contribution in [0.4, 0.5) is 35.0 Å². The van der Waals surface area contributed by atoms with E-state index in [9.17, 15) is 22.8 Å². The molecule has 1 spiro atoms. The maximum absolute atomic E-state index is 13.9. The van der Waals surface area contributed by atoms with E-state index >= 15 is 0 Å². The van der Waals surface area contributed by atoms with E-state index in [1.54, 1.807) is 17.2 Å². The van der Waals surface area contributed by atoms with Crippen molar-refractivity contribution in [3.63, 3.8) is 0 Å². The first kappa shape index (κ1) is 23.6. The molecule has 3 fully saturated rings. The van der Waals surface area contributed by atoms with Crippen LogP contribution < -0.4 is 19.4 Å². The number of urea groups is 1. The molecule has 6 rings (SSSR count). The van der Waals surface area contributed by atoms with Gasteiger partial charge >= 0.3 is 12.4 Å². The standard InChI is InChI=1S/C27H25F3N4O3/c1-17-16-26(17)24(35)33(18-8-10-19(11-9-18)37-27(28,29)30)25(36)34(26)21-12-13-31-23-20(21)6-5-7-22(23)32-14-3-2-4-15-32/h5-13,17H,2-4,14-16H2,1H3. The molecule has 3 amide bonds. The third-order valence-electron chi connectivity index (χ3n) is 7.62. The van der Waals surface area contributed by atoms with Crippen LogP contribution in [0.2, 0.25) is 0 Å². The van der Waals surface area contributed by atoms with Crippen molar-refractivity contribution in [2.45, 2.75) is 44.5 Å². The van der Waals surface area contributed by atoms with Crippen molar-refractivity contribution in [1.29, 1.82) is 0 Å². The monoisotopic (exact) mass is 510 g/mol. The molecular formula is C27H25F3N4O3. The first-order chi connectivity index (χ1) is 17.7. The molecule has 10 heteroatoms. The average molecular weight is 511 g/mol. The van der Waals surface area contributed by atoms with Crippen molar-refractivity contribution < 1.29 is 27.5 Å². The minimum absolute atomic E-state index is 0.0738. The smallest absolute Gasteiger partial charge is 0.406 e. The largest absolute Gasteiger partial charge is 0.573 e. The van der Waals surface area contributed by atoms with Crippen molar-refractivity contribution in [3.8, 4) is 5.75 Å². The van der Waals surface area contributed by atoms with Gasteiger partial charge in [0.1, 0.15) is 11.3 Å². The fraction of sp³-hybridized carbons (Fsp3) is 0.370. The van der Waals surface area contributed by atoms with Crippen molar-refractivity contribution in [2.24, 2.45) is 5.92 Å². The number of benzene rings is 2. The predicted octanol–water partition coefficient (Wildman–Crippen LogP) is 5.88. The Morgan fingerprint density at radius 1 is 0.973 bits per heavy atom. The lowest BCUT2D eigenvalue weighted by molar-refractivity contribution is -0.274. The maximum atomic E-state index is 13.9. The van der Waals surface area contributed by atoms with Crippen LogP contribution in [-0.4, -0.2) is 41.9 Å². The van der Waals surface area contributed by atoms with Gasteiger partial charge in [-0.15, -0.1) is 13.2 Å². The van der Waals surface area contributed by atoms with Crippen molar-refractivity contribution >= 4 is 39.9 Å². The first-order valence-corrected chi connectivity index (χ1v) is 12.4. The number of fused-ring (bicyclic) bond motifs is 1. The number of aromatic nitrogens is 1. The first-order valence-electron chi connectivity index (χ1n) is 12.4. The number of imide groups is 1. The van der Waals surface area contributed by atoms with Crippen LogP contribution in [0.25, 0.3) is 10.9 Å². The number of carbonyl (C=O) groups is 2. The Kier molecular flexibility index (Phi) is 5.32. The van der Waals surface area contributed by atoms with E-state index in [4.69, 9.17) is 0 Å². The molecule has 2 unspecified atom stereocenters. The Hall–Kier alpha value is -3.82. The molecule has 0 N–H and O–H groups in total. The molecule has 2 saturated heterocycles. The van der Waals surface area contributed by atoms with Gasteiger partial charge in [-0.05, 0) is 68.0 Å². The zero-order valence-corrected chi connectivity index (χ0v) is 20.2. The van der Waals surface area contributed by atoms with E-state index < -0.39 is 23.7 Å². The van der Waals surface area contributed by atoms with Crippen LogP contribution in [0, 0.1) is 5.92 Å². The lowest BCUT2D eigenvalue weighted by Crippen LogP contribution is -2.39. The molecule has 0 bridgehead atoms. The molecular weight excluding hydrogens is 485 g/mol. The number of piperidine rings is 1. The summed E-state index contributed by atoms with van der Waals surface area (Å²) in [5.74, 6) is -0.881. The highest BCUT2D eigenvalue weighted by Crippen LogP contribution is 2.56. The van der Waals surface area contributed by atoms with Gasteiger partial charge in [-0.25, -0.2) is 9.69 Å². The van der Waals surface area contributed by atoms with Crippen LogP contribution in [-0.2, 0) is 4.79 Å². The molecule has 3 heterocycles. The Morgan fingerprint density at radius 2 is 1.68 bits per heavy atom. The summed E-state index contributed by atoms with van der Waals surface area (Å²) >= 11 is 0. The summed E-state index contributed by atoms with van der Waals surface area (Å²) in [6.07, 6.45) is 0.744. The van der Waals surface area contributed by atoms with E-state index in [1.165, 1.54) is 18.6 Å². The third kappa shape index (κ3) is 3.77. The van der Waals surface area contributed by atoms with Crippen LogP contribution in [0.1, 0.15) is 32.6 Å². The summed E-state index contributed by atoms with van der Waals surface area (Å²) in [4.78, 5) is 37.1. The minimum atomic E-state index is -4.83. The van der Waals surface area contributed by atoms with Crippen LogP contribution >= 0.6 is 0 Å². The summed E-state index contributed by atoms with van der Waals surface area (Å²) in [7, 11) is 0. The summed E-state index contributed by atoms with van der Waals surface area (Å²) in [6, 6.07) is 11.9. The number of hydrogen-bond donors (Lipinski definition) is 0. The number of para-hydroxylation sites is 1. The number of rotatable bonds is 4. The molecule has 1 saturated carbocycles. The Morgan fingerprint density at radius 3 is 2.32 bits per heavy atom. The van der Waals surface area contributed by atoms with Crippen LogP contribution in [0.5, 0.6) is 5.75 Å². The summed E-state index contributed by atoms with van der Waals surface area (Å²) in [5, 5.41) is 0.779. The van der Waals surface area contributed by atoms with Gasteiger partial charge in [0.2, 0.25) is 0 Å². The highest BCUT2D eigenvalue weighted by molar-refractivity contribution is 6.33. The van der Waals surface area contributed by atoms with E-state index in [-0.39, 0.29) is 17.5 Å². The molecule has 2 aromatic carbocycles. The lowest BCUT2D eigenvalue weighted by atomic mass is 10.1. The lowest BCUT2D eigenvalue weighted by Gasteiger charge is -2.30. The highest BCUT2D eigenvalue weighted by Gasteiger charge is 2.70. The van der Waals surface area contributed by atoms with Gasteiger partial charge in [-0.3, -0.25) is 14.7 Å². The quantitative estimate of drug-likeness (QED) is 0.411. The summed E-state index contributed by atoms with van der Waals surface area (Å²) in [5.41, 5.74) is 1.54. The molecule has 7 nitrogen and oxygen atoms in total. The second kappa shape index (κ2) is 8.36. The van der Waals surface area contributed by atoms with Gasteiger partial charge in [0.25, 0.3) is 5.91 Å². The van der Waals surface area contributed by atoms with E-state index in [0.29, 0.717) is 12.1 Å². The number of halogens is 3. The Balaban J connectivity index is 1.40. The van der Waals surface area contributed by atoms with Crippen LogP contribution in [0.3, 0.4) is 0 Å². The number of carbonyl (C=O) groups excluding carboxylic acids is 2. The van der Waals surface area contributed by atoms with Crippen LogP contribution in [0.15, 0.2) is 54.7 Å². The molecule has 1 aromatic heterocycles. The zero-order chi connectivity index (χ0) is 25.9. The van der Waals surface area contributed by atoms with Crippen molar-refractivity contribution in [1.82, 2.24) is 4.98 Å². The molecule has 3 aromatic rings. The van der Waals surface area contributed by atoms with Gasteiger partial charge in [0.05, 0.1) is 22.6 Å². The van der Waals surface area contributed by atoms with Gasteiger partial charge < -0.3 is 9.64 Å². The van der Waals surface area contributed by atoms with Gasteiger partial charge in [-0.1, -0.05) is 19.1 Å². The number of ether oxygens (including phenoxy) is 1. The molecule has 1 aliphatic carbocycles. The molecule has 2 aliphatic heterocycles. The second-order valence-corrected chi connectivity index (χ2v) is 9.88. The third-order valence-corrected chi connectivity index (χ3v) is 7.62. The number of hydrogen-bond acceptors (Lipinski definition) is 5. The van der Waals surface area contributed by atoms with E-state index in [2.05, 4.69) is 14.6 Å². The average Bonchev–Trinajstić information content (AvgIpc) is 3.50. The molecule has 0 radical (unpaired) electrons. The number of nitrogens with zero attached hydrogens (tertiary/aromatic N) is 4. The highest BCUT2D eigenvalue weighted by atomic mass is 19.4. The van der Waals surface area contributed by atoms with Gasteiger partial charge in [-0.2, -0.15) is 0 Å². The zero-order valence-electron chi connectivity index (χ0n) is 20.2. The molecule has 37 heavy (non-hydrogen) atoms. The second-order valence-electron chi connectivity index (χ2n) is 9.88. The Bertz CT molecular complexity index is 1390. The van der Waals surface area contributed by atoms with Gasteiger partial charge in [0, 0.05) is 24.7 Å². The number of anilines is 3. The minimum Gasteiger partial charge on any atom is -0.406 e. The number of amides is 3. The fourth-order valence-corrected chi connectivity index (χ4v) is 5.74. The molecule has 2 atom stereocenters. The van der Waals surface area contributed by atoms with Crippen molar-refractivity contribution in [3.05, 3.63) is 54.7 Å². The number of pyridine rings is 1. The predicted molar refractivity (Wildman–Crippen MR) is 133 cm³/mol. The summed E-state index contributed by atoms with van der Waals surface area (Å²) < 4.78 is 41.7. The Labute approximate surface area is 211 Å². The maximum Gasteiger partial charge on any atom is 0.573 e. The topological polar surface area (TPSA) is 66.0 Å². The molecule has 192 valence electrons. The van der Waals surface area contributed by atoms with E-state index in [0.717, 1.165) is 59.6 Å². The molecule has 3 aliphatic rings. The number of alkyl halides is 3. The van der Waals surface area contributed by atoms with Gasteiger partial charge in [0.15, 0.2) is 0 Å². The summed E-state index contributed by atoms with van der Waals surface area (Å²) in [6.45, 7) is 3.80.